The minimum absolute atomic E-state index is 0.191. The van der Waals surface area contributed by atoms with Crippen LogP contribution in [0.1, 0.15) is 18.7 Å². The molecule has 0 unspecified atom stereocenters. The Labute approximate surface area is 180 Å². The number of carbonyl (C=O) groups excluding carboxylic acids is 2. The summed E-state index contributed by atoms with van der Waals surface area (Å²) in [6.45, 7) is 4.76. The Morgan fingerprint density at radius 2 is 1.97 bits per heavy atom. The molecule has 1 saturated heterocycles. The molecule has 1 N–H and O–H groups in total. The molecule has 31 heavy (non-hydrogen) atoms. The number of nitrogens with zero attached hydrogens (tertiary/aromatic N) is 3. The van der Waals surface area contributed by atoms with E-state index >= 15 is 0 Å². The fourth-order valence-corrected chi connectivity index (χ4v) is 3.87. The fourth-order valence-electron chi connectivity index (χ4n) is 3.87. The zero-order chi connectivity index (χ0) is 21.8. The molecule has 1 aromatic carbocycles. The molecular formula is C22H26N4O5. The summed E-state index contributed by atoms with van der Waals surface area (Å²) in [6, 6.07) is 10.6. The van der Waals surface area contributed by atoms with Crippen molar-refractivity contribution < 1.29 is 23.5 Å². The highest BCUT2D eigenvalue weighted by Crippen LogP contribution is 2.31. The van der Waals surface area contributed by atoms with Crippen molar-refractivity contribution in [3.63, 3.8) is 0 Å². The third-order valence-electron chi connectivity index (χ3n) is 5.47. The number of piperazine rings is 1. The average Bonchev–Trinajstić information content (AvgIpc) is 3.34. The second-order valence-corrected chi connectivity index (χ2v) is 7.31. The van der Waals surface area contributed by atoms with Crippen molar-refractivity contribution in [2.24, 2.45) is 10.9 Å². The zero-order valence-electron chi connectivity index (χ0n) is 17.6. The number of methoxy groups -OCH3 is 1. The highest BCUT2D eigenvalue weighted by molar-refractivity contribution is 6.08. The van der Waals surface area contributed by atoms with E-state index in [0.29, 0.717) is 24.8 Å². The van der Waals surface area contributed by atoms with Gasteiger partial charge in [0.1, 0.15) is 17.6 Å². The molecule has 9 nitrogen and oxygen atoms in total. The molecule has 2 aliphatic heterocycles. The first-order chi connectivity index (χ1) is 15.1. The van der Waals surface area contributed by atoms with E-state index in [-0.39, 0.29) is 6.61 Å². The van der Waals surface area contributed by atoms with E-state index in [1.54, 1.807) is 26.2 Å². The van der Waals surface area contributed by atoms with Gasteiger partial charge in [0, 0.05) is 37.9 Å². The summed E-state index contributed by atoms with van der Waals surface area (Å²) in [4.78, 5) is 34.2. The van der Waals surface area contributed by atoms with Gasteiger partial charge in [-0.3, -0.25) is 14.9 Å². The summed E-state index contributed by atoms with van der Waals surface area (Å²) in [5.74, 6) is -0.382. The number of furan rings is 1. The molecule has 0 aliphatic carbocycles. The minimum atomic E-state index is -1.08. The van der Waals surface area contributed by atoms with E-state index in [4.69, 9.17) is 13.9 Å². The summed E-state index contributed by atoms with van der Waals surface area (Å²) in [5, 5.41) is 2.80. The van der Waals surface area contributed by atoms with E-state index in [9.17, 15) is 9.59 Å². The molecule has 9 heteroatoms. The van der Waals surface area contributed by atoms with Crippen LogP contribution in [0.15, 0.2) is 52.1 Å². The Hall–Kier alpha value is -3.49. The lowest BCUT2D eigenvalue weighted by molar-refractivity contribution is -0.153. The Balaban J connectivity index is 1.51. The third kappa shape index (κ3) is 4.35. The van der Waals surface area contributed by atoms with Crippen LogP contribution in [0.2, 0.25) is 0 Å². The number of amides is 1. The van der Waals surface area contributed by atoms with E-state index < -0.39 is 23.8 Å². The van der Waals surface area contributed by atoms with Crippen molar-refractivity contribution in [2.45, 2.75) is 13.0 Å². The first-order valence-electron chi connectivity index (χ1n) is 10.3. The molecule has 1 fully saturated rings. The van der Waals surface area contributed by atoms with Crippen LogP contribution in [-0.4, -0.2) is 62.6 Å². The van der Waals surface area contributed by atoms with Gasteiger partial charge in [0.25, 0.3) is 0 Å². The number of aliphatic imine (C=N–C) groups is 1. The van der Waals surface area contributed by atoms with Gasteiger partial charge in [-0.15, -0.1) is 0 Å². The van der Waals surface area contributed by atoms with Gasteiger partial charge in [-0.1, -0.05) is 6.07 Å². The minimum Gasteiger partial charge on any atom is -0.497 e. The maximum atomic E-state index is 12.8. The van der Waals surface area contributed by atoms with Crippen LogP contribution in [0, 0.1) is 5.92 Å². The maximum Gasteiger partial charge on any atom is 0.321 e. The molecule has 0 saturated carbocycles. The molecule has 1 aromatic heterocycles. The molecule has 3 heterocycles. The lowest BCUT2D eigenvalue weighted by atomic mass is 9.95. The Morgan fingerprint density at radius 1 is 1.19 bits per heavy atom. The first kappa shape index (κ1) is 20.8. The van der Waals surface area contributed by atoms with Crippen LogP contribution in [-0.2, 0) is 14.3 Å². The van der Waals surface area contributed by atoms with Gasteiger partial charge in [0.15, 0.2) is 5.92 Å². The van der Waals surface area contributed by atoms with Crippen LogP contribution in [0.25, 0.3) is 0 Å². The van der Waals surface area contributed by atoms with Crippen molar-refractivity contribution >= 4 is 23.5 Å². The van der Waals surface area contributed by atoms with Gasteiger partial charge in [-0.25, -0.2) is 4.99 Å². The van der Waals surface area contributed by atoms with Crippen molar-refractivity contribution in [3.8, 4) is 5.75 Å². The molecule has 0 spiro atoms. The maximum absolute atomic E-state index is 12.8. The van der Waals surface area contributed by atoms with Gasteiger partial charge >= 0.3 is 5.97 Å². The number of carbonyl (C=O) groups is 2. The molecule has 4 rings (SSSR count). The molecule has 1 amide bonds. The Kier molecular flexibility index (Phi) is 6.11. The molecule has 2 atom stereocenters. The Bertz CT molecular complexity index is 951. The standard InChI is InChI=1S/C22H26N4O5/c1-3-30-21(28)18-19(17-8-5-13-31-17)23-22(24-20(18)27)26-11-9-25(10-12-26)15-6-4-7-16(14-15)29-2/h4-8,13-14,18-19H,3,9-12H2,1-2H3,(H,23,24,27)/t18-,19+/m1/s1. The topological polar surface area (TPSA) is 96.6 Å². The van der Waals surface area contributed by atoms with Crippen LogP contribution in [0.4, 0.5) is 5.69 Å². The van der Waals surface area contributed by atoms with E-state index in [0.717, 1.165) is 24.5 Å². The van der Waals surface area contributed by atoms with Gasteiger partial charge in [-0.2, -0.15) is 0 Å². The number of esters is 1. The highest BCUT2D eigenvalue weighted by atomic mass is 16.5. The monoisotopic (exact) mass is 426 g/mol. The number of benzene rings is 1. The van der Waals surface area contributed by atoms with Gasteiger partial charge in [0.2, 0.25) is 11.9 Å². The largest absolute Gasteiger partial charge is 0.497 e. The molecule has 164 valence electrons. The second-order valence-electron chi connectivity index (χ2n) is 7.31. The summed E-state index contributed by atoms with van der Waals surface area (Å²) < 4.78 is 15.9. The number of anilines is 1. The fraction of sp³-hybridized carbons (Fsp3) is 0.409. The third-order valence-corrected chi connectivity index (χ3v) is 5.47. The van der Waals surface area contributed by atoms with Crippen LogP contribution < -0.4 is 15.0 Å². The van der Waals surface area contributed by atoms with Gasteiger partial charge < -0.3 is 23.7 Å². The molecule has 0 bridgehead atoms. The van der Waals surface area contributed by atoms with Crippen molar-refractivity contribution in [2.75, 3.05) is 44.8 Å². The highest BCUT2D eigenvalue weighted by Gasteiger charge is 2.43. The quantitative estimate of drug-likeness (QED) is 0.575. The van der Waals surface area contributed by atoms with Crippen molar-refractivity contribution in [1.82, 2.24) is 10.2 Å². The predicted octanol–water partition coefficient (Wildman–Crippen LogP) is 1.82. The Morgan fingerprint density at radius 3 is 2.65 bits per heavy atom. The van der Waals surface area contributed by atoms with Crippen LogP contribution in [0.5, 0.6) is 5.75 Å². The lowest BCUT2D eigenvalue weighted by Gasteiger charge is -2.39. The summed E-state index contributed by atoms with van der Waals surface area (Å²) in [5.41, 5.74) is 1.09. The lowest BCUT2D eigenvalue weighted by Crippen LogP contribution is -2.57. The molecule has 2 aromatic rings. The van der Waals surface area contributed by atoms with E-state index in [2.05, 4.69) is 21.3 Å². The number of rotatable bonds is 5. The van der Waals surface area contributed by atoms with E-state index in [1.807, 2.05) is 23.1 Å². The average molecular weight is 426 g/mol. The predicted molar refractivity (Wildman–Crippen MR) is 114 cm³/mol. The van der Waals surface area contributed by atoms with Crippen LogP contribution in [0.3, 0.4) is 0 Å². The second kappa shape index (κ2) is 9.11. The number of nitrogens with one attached hydrogen (secondary N) is 1. The first-order valence-corrected chi connectivity index (χ1v) is 10.3. The summed E-state index contributed by atoms with van der Waals surface area (Å²) in [6.07, 6.45) is 1.51. The molecule has 0 radical (unpaired) electrons. The number of ether oxygens (including phenoxy) is 2. The van der Waals surface area contributed by atoms with Crippen LogP contribution >= 0.6 is 0 Å². The molecular weight excluding hydrogens is 400 g/mol. The van der Waals surface area contributed by atoms with Gasteiger partial charge in [-0.05, 0) is 31.2 Å². The zero-order valence-corrected chi connectivity index (χ0v) is 17.6. The normalized spacial score (nSPS) is 21.4. The summed E-state index contributed by atoms with van der Waals surface area (Å²) >= 11 is 0. The van der Waals surface area contributed by atoms with E-state index in [1.165, 1.54) is 6.26 Å². The van der Waals surface area contributed by atoms with Gasteiger partial charge in [0.05, 0.1) is 20.0 Å². The number of guanidine groups is 1. The SMILES string of the molecule is CCOC(=O)[C@H]1C(=O)NC(N2CCN(c3cccc(OC)c3)CC2)=N[C@H]1c1ccco1. The smallest absolute Gasteiger partial charge is 0.321 e. The summed E-state index contributed by atoms with van der Waals surface area (Å²) in [7, 11) is 1.65. The van der Waals surface area contributed by atoms with Crippen molar-refractivity contribution in [1.29, 1.82) is 0 Å². The number of hydrogen-bond acceptors (Lipinski definition) is 8. The number of hydrogen-bond donors (Lipinski definition) is 1. The molecule has 2 aliphatic rings. The van der Waals surface area contributed by atoms with Crippen molar-refractivity contribution in [3.05, 3.63) is 48.4 Å².